The lowest BCUT2D eigenvalue weighted by atomic mass is 10.0. The first kappa shape index (κ1) is 13.6. The van der Waals surface area contributed by atoms with Crippen molar-refractivity contribution in [1.82, 2.24) is 9.88 Å². The van der Waals surface area contributed by atoms with Crippen molar-refractivity contribution in [2.24, 2.45) is 0 Å². The molecule has 1 aromatic rings. The number of carbonyl (C=O) groups excluding carboxylic acids is 1. The van der Waals surface area contributed by atoms with Gasteiger partial charge in [-0.05, 0) is 48.7 Å². The van der Waals surface area contributed by atoms with E-state index in [-0.39, 0.29) is 11.5 Å². The molecule has 2 rings (SSSR count). The van der Waals surface area contributed by atoms with E-state index in [2.05, 4.69) is 28.2 Å². The minimum absolute atomic E-state index is 0.0423. The van der Waals surface area contributed by atoms with Gasteiger partial charge in [-0.3, -0.25) is 4.79 Å². The lowest BCUT2D eigenvalue weighted by Crippen LogP contribution is -2.40. The lowest BCUT2D eigenvalue weighted by Gasteiger charge is -2.23. The van der Waals surface area contributed by atoms with Crippen LogP contribution in [0, 0.1) is 0 Å². The van der Waals surface area contributed by atoms with Crippen molar-refractivity contribution in [3.63, 3.8) is 0 Å². The van der Waals surface area contributed by atoms with Crippen LogP contribution in [0.2, 0.25) is 0 Å². The average Bonchev–Trinajstić information content (AvgIpc) is 2.93. The zero-order valence-corrected chi connectivity index (χ0v) is 12.4. The van der Waals surface area contributed by atoms with Gasteiger partial charge in [0.25, 0.3) is 5.91 Å². The Morgan fingerprint density at radius 3 is 3.06 bits per heavy atom. The molecule has 1 N–H and O–H groups in total. The summed E-state index contributed by atoms with van der Waals surface area (Å²) in [6.07, 6.45) is 4.00. The standard InChI is InChI=1S/C13H19BrN2O2/c1-3-16-8-10(14)7-11(16)12(17)15-9-13(2)5-4-6-18-13/h7-8H,3-6,9H2,1-2H3,(H,15,17). The van der Waals surface area contributed by atoms with Crippen molar-refractivity contribution in [2.75, 3.05) is 13.2 Å². The zero-order valence-electron chi connectivity index (χ0n) is 10.8. The monoisotopic (exact) mass is 314 g/mol. The number of halogens is 1. The molecule has 1 atom stereocenters. The predicted octanol–water partition coefficient (Wildman–Crippen LogP) is 2.57. The summed E-state index contributed by atoms with van der Waals surface area (Å²) in [7, 11) is 0. The summed E-state index contributed by atoms with van der Waals surface area (Å²) in [4.78, 5) is 12.1. The number of ether oxygens (including phenoxy) is 1. The van der Waals surface area contributed by atoms with Gasteiger partial charge in [0.15, 0.2) is 0 Å². The predicted molar refractivity (Wildman–Crippen MR) is 73.7 cm³/mol. The Bertz CT molecular complexity index is 436. The van der Waals surface area contributed by atoms with Gasteiger partial charge in [-0.25, -0.2) is 0 Å². The molecule has 1 aliphatic heterocycles. The van der Waals surface area contributed by atoms with E-state index in [1.807, 2.05) is 23.8 Å². The summed E-state index contributed by atoms with van der Waals surface area (Å²) >= 11 is 3.39. The van der Waals surface area contributed by atoms with Crippen LogP contribution in [-0.2, 0) is 11.3 Å². The lowest BCUT2D eigenvalue weighted by molar-refractivity contribution is 0.0205. The molecule has 4 nitrogen and oxygen atoms in total. The number of rotatable bonds is 4. The number of nitrogens with zero attached hydrogens (tertiary/aromatic N) is 1. The number of hydrogen-bond acceptors (Lipinski definition) is 2. The Morgan fingerprint density at radius 1 is 1.67 bits per heavy atom. The molecule has 1 fully saturated rings. The molecule has 1 amide bonds. The van der Waals surface area contributed by atoms with E-state index in [9.17, 15) is 4.79 Å². The van der Waals surface area contributed by atoms with Gasteiger partial charge in [-0.1, -0.05) is 0 Å². The molecule has 0 saturated carbocycles. The molecule has 1 saturated heterocycles. The van der Waals surface area contributed by atoms with E-state index in [0.29, 0.717) is 12.2 Å². The minimum Gasteiger partial charge on any atom is -0.373 e. The van der Waals surface area contributed by atoms with E-state index in [1.165, 1.54) is 0 Å². The highest BCUT2D eigenvalue weighted by molar-refractivity contribution is 9.10. The third-order valence-electron chi connectivity index (χ3n) is 3.36. The molecule has 2 heterocycles. The molecule has 1 aromatic heterocycles. The fourth-order valence-electron chi connectivity index (χ4n) is 2.26. The van der Waals surface area contributed by atoms with Gasteiger partial charge in [0, 0.05) is 30.4 Å². The number of hydrogen-bond donors (Lipinski definition) is 1. The van der Waals surface area contributed by atoms with E-state index in [1.54, 1.807) is 0 Å². The highest BCUT2D eigenvalue weighted by Crippen LogP contribution is 2.24. The van der Waals surface area contributed by atoms with E-state index in [4.69, 9.17) is 4.74 Å². The van der Waals surface area contributed by atoms with Crippen LogP contribution in [0.5, 0.6) is 0 Å². The first-order valence-corrected chi connectivity index (χ1v) is 7.11. The van der Waals surface area contributed by atoms with Crippen LogP contribution >= 0.6 is 15.9 Å². The van der Waals surface area contributed by atoms with Crippen LogP contribution in [0.25, 0.3) is 0 Å². The van der Waals surface area contributed by atoms with Crippen molar-refractivity contribution in [3.8, 4) is 0 Å². The van der Waals surface area contributed by atoms with Gasteiger partial charge in [0.2, 0.25) is 0 Å². The summed E-state index contributed by atoms with van der Waals surface area (Å²) in [5, 5.41) is 2.96. The molecule has 100 valence electrons. The van der Waals surface area contributed by atoms with Crippen molar-refractivity contribution < 1.29 is 9.53 Å². The van der Waals surface area contributed by atoms with Gasteiger partial charge >= 0.3 is 0 Å². The van der Waals surface area contributed by atoms with Gasteiger partial charge in [0.1, 0.15) is 5.69 Å². The zero-order chi connectivity index (χ0) is 13.2. The summed E-state index contributed by atoms with van der Waals surface area (Å²) in [5.74, 6) is -0.0423. The van der Waals surface area contributed by atoms with Crippen molar-refractivity contribution >= 4 is 21.8 Å². The molecule has 0 aliphatic carbocycles. The fraction of sp³-hybridized carbons (Fsp3) is 0.615. The van der Waals surface area contributed by atoms with Crippen LogP contribution in [0.4, 0.5) is 0 Å². The minimum atomic E-state index is -0.198. The largest absolute Gasteiger partial charge is 0.373 e. The van der Waals surface area contributed by atoms with Crippen molar-refractivity contribution in [2.45, 2.75) is 38.8 Å². The topological polar surface area (TPSA) is 43.3 Å². The Balaban J connectivity index is 1.99. The third-order valence-corrected chi connectivity index (χ3v) is 3.79. The van der Waals surface area contributed by atoms with Gasteiger partial charge in [0.05, 0.1) is 5.60 Å². The molecule has 1 unspecified atom stereocenters. The highest BCUT2D eigenvalue weighted by Gasteiger charge is 2.30. The second-order valence-electron chi connectivity index (χ2n) is 4.91. The Labute approximate surface area is 116 Å². The van der Waals surface area contributed by atoms with Crippen LogP contribution in [-0.4, -0.2) is 29.2 Å². The molecule has 0 aromatic carbocycles. The smallest absolute Gasteiger partial charge is 0.268 e. The normalized spacial score (nSPS) is 23.3. The quantitative estimate of drug-likeness (QED) is 0.928. The maximum atomic E-state index is 12.1. The molecule has 0 bridgehead atoms. The van der Waals surface area contributed by atoms with Crippen LogP contribution in [0.3, 0.4) is 0 Å². The number of aryl methyl sites for hydroxylation is 1. The van der Waals surface area contributed by atoms with E-state index < -0.39 is 0 Å². The number of amides is 1. The van der Waals surface area contributed by atoms with Gasteiger partial charge < -0.3 is 14.6 Å². The third kappa shape index (κ3) is 2.95. The summed E-state index contributed by atoms with van der Waals surface area (Å²) in [6, 6.07) is 1.84. The van der Waals surface area contributed by atoms with E-state index >= 15 is 0 Å². The van der Waals surface area contributed by atoms with Crippen LogP contribution in [0.15, 0.2) is 16.7 Å². The molecule has 1 aliphatic rings. The molecule has 5 heteroatoms. The van der Waals surface area contributed by atoms with Crippen LogP contribution < -0.4 is 5.32 Å². The average molecular weight is 315 g/mol. The van der Waals surface area contributed by atoms with Crippen LogP contribution in [0.1, 0.15) is 37.2 Å². The second kappa shape index (κ2) is 5.45. The fourth-order valence-corrected chi connectivity index (χ4v) is 2.72. The maximum absolute atomic E-state index is 12.1. The maximum Gasteiger partial charge on any atom is 0.268 e. The Morgan fingerprint density at radius 2 is 2.44 bits per heavy atom. The number of carbonyl (C=O) groups is 1. The molecular formula is C13H19BrN2O2. The van der Waals surface area contributed by atoms with Crippen molar-refractivity contribution in [1.29, 1.82) is 0 Å². The first-order valence-electron chi connectivity index (χ1n) is 6.32. The number of nitrogens with one attached hydrogen (secondary N) is 1. The Kier molecular flexibility index (Phi) is 4.12. The molecule has 0 radical (unpaired) electrons. The SMILES string of the molecule is CCn1cc(Br)cc1C(=O)NCC1(C)CCCO1. The summed E-state index contributed by atoms with van der Waals surface area (Å²) in [6.45, 7) is 6.21. The summed E-state index contributed by atoms with van der Waals surface area (Å²) in [5.41, 5.74) is 0.488. The molecule has 0 spiro atoms. The van der Waals surface area contributed by atoms with Gasteiger partial charge in [-0.2, -0.15) is 0 Å². The van der Waals surface area contributed by atoms with E-state index in [0.717, 1.165) is 30.5 Å². The Hall–Kier alpha value is -0.810. The second-order valence-corrected chi connectivity index (χ2v) is 5.83. The molecular weight excluding hydrogens is 296 g/mol. The van der Waals surface area contributed by atoms with Gasteiger partial charge in [-0.15, -0.1) is 0 Å². The highest BCUT2D eigenvalue weighted by atomic mass is 79.9. The number of aromatic nitrogens is 1. The first-order chi connectivity index (χ1) is 8.54. The summed E-state index contributed by atoms with van der Waals surface area (Å²) < 4.78 is 8.51. The molecule has 18 heavy (non-hydrogen) atoms. The van der Waals surface area contributed by atoms with Crippen molar-refractivity contribution in [3.05, 3.63) is 22.4 Å².